The lowest BCUT2D eigenvalue weighted by molar-refractivity contribution is -0.150. The van der Waals surface area contributed by atoms with Crippen LogP contribution in [0.15, 0.2) is 0 Å². The summed E-state index contributed by atoms with van der Waals surface area (Å²) >= 11 is 0. The van der Waals surface area contributed by atoms with Gasteiger partial charge >= 0.3 is 5.97 Å². The molecule has 30 heavy (non-hydrogen) atoms. The zero-order valence-corrected chi connectivity index (χ0v) is 17.7. The quantitative estimate of drug-likeness (QED) is 0.271. The average molecular weight is 428 g/mol. The SMILES string of the molecule is CCC(C)C(NC(=O)C(C)NC(=O)C(N)CCC(N)=O)C(=O)N1CCCC1C(=O)O. The van der Waals surface area contributed by atoms with Crippen molar-refractivity contribution in [3.05, 3.63) is 0 Å². The van der Waals surface area contributed by atoms with E-state index >= 15 is 0 Å². The molecule has 0 spiro atoms. The summed E-state index contributed by atoms with van der Waals surface area (Å²) in [5, 5.41) is 14.4. The molecular weight excluding hydrogens is 394 g/mol. The fourth-order valence-corrected chi connectivity index (χ4v) is 3.24. The molecule has 1 fully saturated rings. The van der Waals surface area contributed by atoms with Crippen LogP contribution in [0.3, 0.4) is 0 Å². The Hall–Kier alpha value is -2.69. The van der Waals surface area contributed by atoms with Gasteiger partial charge in [0, 0.05) is 13.0 Å². The highest BCUT2D eigenvalue weighted by Gasteiger charge is 2.39. The van der Waals surface area contributed by atoms with Crippen molar-refractivity contribution in [2.24, 2.45) is 17.4 Å². The molecule has 0 saturated carbocycles. The van der Waals surface area contributed by atoms with E-state index in [0.717, 1.165) is 0 Å². The molecule has 1 saturated heterocycles. The Bertz CT molecular complexity index is 670. The summed E-state index contributed by atoms with van der Waals surface area (Å²) in [5.74, 6) is -3.54. The third-order valence-corrected chi connectivity index (χ3v) is 5.39. The van der Waals surface area contributed by atoms with Crippen LogP contribution in [0.2, 0.25) is 0 Å². The molecule has 11 nitrogen and oxygen atoms in total. The predicted molar refractivity (Wildman–Crippen MR) is 108 cm³/mol. The standard InChI is InChI=1S/C19H33N5O6/c1-4-10(2)15(18(28)24-9-5-6-13(24)19(29)30)23-16(26)11(3)22-17(27)12(20)7-8-14(21)25/h10-13,15H,4-9,20H2,1-3H3,(H2,21,25)(H,22,27)(H,23,26)(H,29,30). The molecule has 1 rings (SSSR count). The Labute approximate surface area is 175 Å². The summed E-state index contributed by atoms with van der Waals surface area (Å²) in [4.78, 5) is 61.2. The molecule has 0 aromatic rings. The van der Waals surface area contributed by atoms with E-state index in [1.165, 1.54) is 11.8 Å². The van der Waals surface area contributed by atoms with E-state index in [2.05, 4.69) is 10.6 Å². The summed E-state index contributed by atoms with van der Waals surface area (Å²) < 4.78 is 0. The first-order valence-electron chi connectivity index (χ1n) is 10.2. The number of carbonyl (C=O) groups is 5. The molecule has 7 N–H and O–H groups in total. The minimum atomic E-state index is -1.07. The van der Waals surface area contributed by atoms with Gasteiger partial charge in [-0.15, -0.1) is 0 Å². The lowest BCUT2D eigenvalue weighted by Crippen LogP contribution is -2.58. The summed E-state index contributed by atoms with van der Waals surface area (Å²) in [7, 11) is 0. The van der Waals surface area contributed by atoms with Crippen LogP contribution in [-0.4, -0.2) is 70.3 Å². The van der Waals surface area contributed by atoms with Crippen molar-refractivity contribution in [2.45, 2.75) is 77.0 Å². The second kappa shape index (κ2) is 11.5. The number of likely N-dealkylation sites (tertiary alicyclic amines) is 1. The molecule has 5 atom stereocenters. The number of nitrogens with one attached hydrogen (secondary N) is 2. The fraction of sp³-hybridized carbons (Fsp3) is 0.737. The van der Waals surface area contributed by atoms with Gasteiger partial charge in [-0.05, 0) is 32.1 Å². The van der Waals surface area contributed by atoms with Crippen LogP contribution in [0.5, 0.6) is 0 Å². The number of rotatable bonds is 11. The Balaban J connectivity index is 2.78. The summed E-state index contributed by atoms with van der Waals surface area (Å²) in [6, 6.07) is -3.79. The maximum atomic E-state index is 13.0. The summed E-state index contributed by atoms with van der Waals surface area (Å²) in [6.07, 6.45) is 1.54. The first-order valence-corrected chi connectivity index (χ1v) is 10.2. The highest BCUT2D eigenvalue weighted by molar-refractivity contribution is 5.94. The zero-order valence-electron chi connectivity index (χ0n) is 17.7. The number of aliphatic carboxylic acids is 1. The smallest absolute Gasteiger partial charge is 0.326 e. The minimum absolute atomic E-state index is 0.0506. The average Bonchev–Trinajstić information content (AvgIpc) is 3.18. The summed E-state index contributed by atoms with van der Waals surface area (Å²) in [5.41, 5.74) is 10.7. The number of primary amides is 1. The summed E-state index contributed by atoms with van der Waals surface area (Å²) in [6.45, 7) is 5.41. The van der Waals surface area contributed by atoms with Crippen molar-refractivity contribution in [3.63, 3.8) is 0 Å². The zero-order chi connectivity index (χ0) is 23.0. The first-order chi connectivity index (χ1) is 14.0. The van der Waals surface area contributed by atoms with Gasteiger partial charge in [0.15, 0.2) is 0 Å². The topological polar surface area (TPSA) is 185 Å². The maximum Gasteiger partial charge on any atom is 0.326 e. The fourth-order valence-electron chi connectivity index (χ4n) is 3.24. The van der Waals surface area contributed by atoms with Crippen LogP contribution >= 0.6 is 0 Å². The van der Waals surface area contributed by atoms with E-state index in [4.69, 9.17) is 11.5 Å². The predicted octanol–water partition coefficient (Wildman–Crippen LogP) is -1.31. The number of hydrogen-bond donors (Lipinski definition) is 5. The Morgan fingerprint density at radius 3 is 2.30 bits per heavy atom. The van der Waals surface area contributed by atoms with E-state index in [1.807, 2.05) is 6.92 Å². The van der Waals surface area contributed by atoms with E-state index in [0.29, 0.717) is 25.8 Å². The van der Waals surface area contributed by atoms with Gasteiger partial charge in [0.2, 0.25) is 23.6 Å². The molecule has 0 radical (unpaired) electrons. The molecule has 170 valence electrons. The van der Waals surface area contributed by atoms with Crippen LogP contribution in [0.25, 0.3) is 0 Å². The molecule has 5 unspecified atom stereocenters. The minimum Gasteiger partial charge on any atom is -0.480 e. The molecule has 0 aliphatic carbocycles. The van der Waals surface area contributed by atoms with Crippen molar-refractivity contribution in [1.82, 2.24) is 15.5 Å². The van der Waals surface area contributed by atoms with Crippen molar-refractivity contribution in [1.29, 1.82) is 0 Å². The molecule has 1 aliphatic rings. The van der Waals surface area contributed by atoms with E-state index < -0.39 is 53.8 Å². The van der Waals surface area contributed by atoms with Gasteiger partial charge in [0.25, 0.3) is 0 Å². The van der Waals surface area contributed by atoms with Gasteiger partial charge in [-0.3, -0.25) is 19.2 Å². The van der Waals surface area contributed by atoms with Crippen molar-refractivity contribution >= 4 is 29.6 Å². The van der Waals surface area contributed by atoms with Gasteiger partial charge in [0.05, 0.1) is 6.04 Å². The Kier molecular flexibility index (Phi) is 9.70. The highest BCUT2D eigenvalue weighted by atomic mass is 16.4. The van der Waals surface area contributed by atoms with Crippen molar-refractivity contribution in [3.8, 4) is 0 Å². The van der Waals surface area contributed by atoms with E-state index in [9.17, 15) is 29.1 Å². The van der Waals surface area contributed by atoms with Gasteiger partial charge in [0.1, 0.15) is 18.1 Å². The molecule has 0 aromatic heterocycles. The Morgan fingerprint density at radius 1 is 1.13 bits per heavy atom. The lowest BCUT2D eigenvalue weighted by Gasteiger charge is -2.31. The lowest BCUT2D eigenvalue weighted by atomic mass is 9.97. The molecular formula is C19H33N5O6. The molecule has 4 amide bonds. The third kappa shape index (κ3) is 6.97. The normalized spacial score (nSPS) is 20.0. The molecule has 11 heteroatoms. The second-order valence-electron chi connectivity index (χ2n) is 7.74. The molecule has 0 aromatic carbocycles. The molecule has 1 aliphatic heterocycles. The highest BCUT2D eigenvalue weighted by Crippen LogP contribution is 2.21. The number of carbonyl (C=O) groups excluding carboxylic acids is 4. The first kappa shape index (κ1) is 25.3. The largest absolute Gasteiger partial charge is 0.480 e. The molecule has 0 bridgehead atoms. The number of nitrogens with zero attached hydrogens (tertiary/aromatic N) is 1. The van der Waals surface area contributed by atoms with Crippen LogP contribution in [0, 0.1) is 5.92 Å². The van der Waals surface area contributed by atoms with Gasteiger partial charge in [-0.2, -0.15) is 0 Å². The van der Waals surface area contributed by atoms with Gasteiger partial charge in [-0.25, -0.2) is 4.79 Å². The number of carboxylic acids is 1. The van der Waals surface area contributed by atoms with Gasteiger partial charge in [-0.1, -0.05) is 20.3 Å². The monoisotopic (exact) mass is 427 g/mol. The van der Waals surface area contributed by atoms with E-state index in [-0.39, 0.29) is 18.8 Å². The van der Waals surface area contributed by atoms with E-state index in [1.54, 1.807) is 6.92 Å². The number of carboxylic acid groups (broad SMARTS) is 1. The van der Waals surface area contributed by atoms with Crippen molar-refractivity contribution in [2.75, 3.05) is 6.54 Å². The van der Waals surface area contributed by atoms with Gasteiger partial charge < -0.3 is 32.1 Å². The van der Waals surface area contributed by atoms with Crippen LogP contribution in [0.4, 0.5) is 0 Å². The van der Waals surface area contributed by atoms with Crippen molar-refractivity contribution < 1.29 is 29.1 Å². The number of amides is 4. The van der Waals surface area contributed by atoms with Crippen LogP contribution < -0.4 is 22.1 Å². The van der Waals surface area contributed by atoms with Crippen LogP contribution in [0.1, 0.15) is 52.9 Å². The number of hydrogen-bond acceptors (Lipinski definition) is 6. The maximum absolute atomic E-state index is 13.0. The second-order valence-corrected chi connectivity index (χ2v) is 7.74. The molecule has 1 heterocycles. The van der Waals surface area contributed by atoms with Crippen LogP contribution in [-0.2, 0) is 24.0 Å². The third-order valence-electron chi connectivity index (χ3n) is 5.39. The Morgan fingerprint density at radius 2 is 1.77 bits per heavy atom. The number of nitrogens with two attached hydrogens (primary N) is 2.